The molecule has 0 aliphatic rings. The molecule has 104 valence electrons. The van der Waals surface area contributed by atoms with Crippen molar-refractivity contribution in [2.45, 2.75) is 32.9 Å². The summed E-state index contributed by atoms with van der Waals surface area (Å²) < 4.78 is 0.602. The largest absolute Gasteiger partial charge is 0.479 e. The first kappa shape index (κ1) is 16.0. The van der Waals surface area contributed by atoms with Crippen LogP contribution in [-0.2, 0) is 9.59 Å². The molecule has 19 heavy (non-hydrogen) atoms. The van der Waals surface area contributed by atoms with Crippen LogP contribution in [0.4, 0.5) is 0 Å². The van der Waals surface area contributed by atoms with E-state index in [-0.39, 0.29) is 11.9 Å². The van der Waals surface area contributed by atoms with Gasteiger partial charge in [-0.3, -0.25) is 4.79 Å². The van der Waals surface area contributed by atoms with Crippen LogP contribution in [0.5, 0.6) is 0 Å². The summed E-state index contributed by atoms with van der Waals surface area (Å²) >= 11 is 9.15. The van der Waals surface area contributed by atoms with Crippen LogP contribution in [0.3, 0.4) is 0 Å². The molecule has 0 saturated carbocycles. The van der Waals surface area contributed by atoms with E-state index in [1.54, 1.807) is 32.0 Å². The maximum absolute atomic E-state index is 11.7. The van der Waals surface area contributed by atoms with Crippen LogP contribution in [0.1, 0.15) is 32.4 Å². The molecule has 0 spiro atoms. The summed E-state index contributed by atoms with van der Waals surface area (Å²) in [5, 5.41) is 9.91. The van der Waals surface area contributed by atoms with Crippen LogP contribution in [-0.4, -0.2) is 27.9 Å². The van der Waals surface area contributed by atoms with Gasteiger partial charge in [0.2, 0.25) is 5.91 Å². The first-order valence-corrected chi connectivity index (χ1v) is 6.89. The number of nitrogens with zero attached hydrogens (tertiary/aromatic N) is 1. The molecule has 0 aliphatic carbocycles. The van der Waals surface area contributed by atoms with Crippen molar-refractivity contribution in [1.82, 2.24) is 4.90 Å². The van der Waals surface area contributed by atoms with E-state index in [0.29, 0.717) is 15.1 Å². The molecule has 0 heterocycles. The first-order valence-electron chi connectivity index (χ1n) is 5.72. The molecular formula is C13H15BrClNO3. The number of benzene rings is 1. The number of halogens is 2. The third-order valence-corrected chi connectivity index (χ3v) is 3.91. The summed E-state index contributed by atoms with van der Waals surface area (Å²) in [4.78, 5) is 24.5. The Morgan fingerprint density at radius 3 is 2.32 bits per heavy atom. The van der Waals surface area contributed by atoms with E-state index in [1.165, 1.54) is 11.8 Å². The average molecular weight is 349 g/mol. The zero-order chi connectivity index (χ0) is 14.7. The monoisotopic (exact) mass is 347 g/mol. The first-order chi connectivity index (χ1) is 8.75. The quantitative estimate of drug-likeness (QED) is 0.906. The van der Waals surface area contributed by atoms with Crippen molar-refractivity contribution in [2.75, 3.05) is 0 Å². The van der Waals surface area contributed by atoms with Gasteiger partial charge in [0.25, 0.3) is 0 Å². The molecule has 0 saturated heterocycles. The van der Waals surface area contributed by atoms with Gasteiger partial charge in [0.1, 0.15) is 0 Å². The van der Waals surface area contributed by atoms with Gasteiger partial charge in [0.05, 0.1) is 5.02 Å². The Balaban J connectivity index is 3.30. The maximum atomic E-state index is 11.7. The van der Waals surface area contributed by atoms with Crippen molar-refractivity contribution in [3.8, 4) is 0 Å². The molecule has 1 aromatic carbocycles. The fourth-order valence-electron chi connectivity index (χ4n) is 1.95. The van der Waals surface area contributed by atoms with Crippen LogP contribution in [0, 0.1) is 0 Å². The Bertz CT molecular complexity index is 505. The molecule has 6 heteroatoms. The number of carbonyl (C=O) groups excluding carboxylic acids is 1. The zero-order valence-electron chi connectivity index (χ0n) is 10.9. The molecule has 1 aromatic rings. The highest BCUT2D eigenvalue weighted by Crippen LogP contribution is 2.30. The van der Waals surface area contributed by atoms with E-state index in [2.05, 4.69) is 15.9 Å². The van der Waals surface area contributed by atoms with Crippen molar-refractivity contribution in [2.24, 2.45) is 0 Å². The molecular weight excluding hydrogens is 334 g/mol. The van der Waals surface area contributed by atoms with Gasteiger partial charge in [0, 0.05) is 17.4 Å². The maximum Gasteiger partial charge on any atom is 0.331 e. The lowest BCUT2D eigenvalue weighted by atomic mass is 10.0. The second kappa shape index (κ2) is 6.39. The third-order valence-electron chi connectivity index (χ3n) is 2.69. The van der Waals surface area contributed by atoms with E-state index in [9.17, 15) is 14.7 Å². The number of carboxylic acids is 1. The minimum Gasteiger partial charge on any atom is -0.479 e. The van der Waals surface area contributed by atoms with Gasteiger partial charge < -0.3 is 10.0 Å². The SMILES string of the molecule is CC(=O)N(C(C)C)C(C(=O)O)c1ccc(Cl)c(Br)c1. The van der Waals surface area contributed by atoms with E-state index < -0.39 is 12.0 Å². The molecule has 1 atom stereocenters. The molecule has 1 rings (SSSR count). The van der Waals surface area contributed by atoms with Crippen molar-refractivity contribution in [3.63, 3.8) is 0 Å². The van der Waals surface area contributed by atoms with Crippen molar-refractivity contribution < 1.29 is 14.7 Å². The molecule has 0 bridgehead atoms. The van der Waals surface area contributed by atoms with Gasteiger partial charge in [0.15, 0.2) is 6.04 Å². The molecule has 0 fully saturated rings. The summed E-state index contributed by atoms with van der Waals surface area (Å²) in [6, 6.07) is 3.61. The van der Waals surface area contributed by atoms with Gasteiger partial charge in [-0.2, -0.15) is 0 Å². The Hall–Kier alpha value is -1.07. The predicted octanol–water partition coefficient (Wildman–Crippen LogP) is 3.49. The molecule has 0 radical (unpaired) electrons. The normalized spacial score (nSPS) is 12.3. The number of hydrogen-bond acceptors (Lipinski definition) is 2. The minimum absolute atomic E-state index is 0.215. The van der Waals surface area contributed by atoms with Gasteiger partial charge in [-0.05, 0) is 47.5 Å². The van der Waals surface area contributed by atoms with Crippen molar-refractivity contribution >= 4 is 39.4 Å². The molecule has 0 aromatic heterocycles. The van der Waals surface area contributed by atoms with Crippen molar-refractivity contribution in [1.29, 1.82) is 0 Å². The fourth-order valence-corrected chi connectivity index (χ4v) is 2.46. The summed E-state index contributed by atoms with van der Waals surface area (Å²) in [5.74, 6) is -1.36. The lowest BCUT2D eigenvalue weighted by molar-refractivity contribution is -0.151. The number of carboxylic acid groups (broad SMARTS) is 1. The number of amides is 1. The second-order valence-corrected chi connectivity index (χ2v) is 5.70. The highest BCUT2D eigenvalue weighted by Gasteiger charge is 2.31. The number of carbonyl (C=O) groups is 2. The van der Waals surface area contributed by atoms with Gasteiger partial charge >= 0.3 is 5.97 Å². The molecule has 0 aliphatic heterocycles. The van der Waals surface area contributed by atoms with E-state index in [0.717, 1.165) is 0 Å². The summed E-state index contributed by atoms with van der Waals surface area (Å²) in [6.07, 6.45) is 0. The van der Waals surface area contributed by atoms with Crippen molar-refractivity contribution in [3.05, 3.63) is 33.3 Å². The zero-order valence-corrected chi connectivity index (χ0v) is 13.2. The summed E-state index contributed by atoms with van der Waals surface area (Å²) in [6.45, 7) is 4.92. The predicted molar refractivity (Wildman–Crippen MR) is 77.2 cm³/mol. The Morgan fingerprint density at radius 2 is 1.95 bits per heavy atom. The Labute approximate surface area is 125 Å². The average Bonchev–Trinajstić information content (AvgIpc) is 2.28. The Kier molecular flexibility index (Phi) is 5.38. The molecule has 1 unspecified atom stereocenters. The highest BCUT2D eigenvalue weighted by molar-refractivity contribution is 9.10. The van der Waals surface area contributed by atoms with Crippen LogP contribution < -0.4 is 0 Å². The van der Waals surface area contributed by atoms with Gasteiger partial charge in [-0.15, -0.1) is 0 Å². The number of hydrogen-bond donors (Lipinski definition) is 1. The minimum atomic E-state index is -1.07. The third kappa shape index (κ3) is 3.70. The second-order valence-electron chi connectivity index (χ2n) is 4.43. The fraction of sp³-hybridized carbons (Fsp3) is 0.385. The molecule has 1 amide bonds. The van der Waals surface area contributed by atoms with Gasteiger partial charge in [-0.25, -0.2) is 4.79 Å². The van der Waals surface area contributed by atoms with Crippen LogP contribution in [0.25, 0.3) is 0 Å². The van der Waals surface area contributed by atoms with E-state index in [1.807, 2.05) is 0 Å². The van der Waals surface area contributed by atoms with Crippen LogP contribution in [0.2, 0.25) is 5.02 Å². The van der Waals surface area contributed by atoms with E-state index in [4.69, 9.17) is 11.6 Å². The smallest absolute Gasteiger partial charge is 0.331 e. The number of aliphatic carboxylic acids is 1. The highest BCUT2D eigenvalue weighted by atomic mass is 79.9. The standard InChI is InChI=1S/C13H15BrClNO3/c1-7(2)16(8(3)17)12(13(18)19)9-4-5-11(15)10(14)6-9/h4-7,12H,1-3H3,(H,18,19). The van der Waals surface area contributed by atoms with Crippen LogP contribution >= 0.6 is 27.5 Å². The summed E-state index contributed by atoms with van der Waals surface area (Å²) in [5.41, 5.74) is 0.507. The number of rotatable bonds is 4. The molecule has 1 N–H and O–H groups in total. The Morgan fingerprint density at radius 1 is 1.37 bits per heavy atom. The van der Waals surface area contributed by atoms with Gasteiger partial charge in [-0.1, -0.05) is 17.7 Å². The lowest BCUT2D eigenvalue weighted by Crippen LogP contribution is -2.42. The summed E-state index contributed by atoms with van der Waals surface area (Å²) in [7, 11) is 0. The van der Waals surface area contributed by atoms with Crippen LogP contribution in [0.15, 0.2) is 22.7 Å². The van der Waals surface area contributed by atoms with E-state index >= 15 is 0 Å². The lowest BCUT2D eigenvalue weighted by Gasteiger charge is -2.32. The topological polar surface area (TPSA) is 57.6 Å². The molecule has 4 nitrogen and oxygen atoms in total.